The Morgan fingerprint density at radius 2 is 1.89 bits per heavy atom. The van der Waals surface area contributed by atoms with Gasteiger partial charge < -0.3 is 20.1 Å². The maximum Gasteiger partial charge on any atom is 0.263 e. The maximum atomic E-state index is 14.6. The lowest BCUT2D eigenvalue weighted by molar-refractivity contribution is 0.201. The Labute approximate surface area is 209 Å². The number of nitriles is 1. The number of anilines is 1. The highest BCUT2D eigenvalue weighted by Crippen LogP contribution is 2.32. The summed E-state index contributed by atoms with van der Waals surface area (Å²) in [6, 6.07) is 13.5. The summed E-state index contributed by atoms with van der Waals surface area (Å²) in [7, 11) is 1.95. The van der Waals surface area contributed by atoms with E-state index in [2.05, 4.69) is 10.2 Å². The number of hydrogen-bond acceptors (Lipinski definition) is 7. The normalized spacial score (nSPS) is 14.0. The van der Waals surface area contributed by atoms with Gasteiger partial charge in [0.05, 0.1) is 23.4 Å². The fourth-order valence-corrected chi connectivity index (χ4v) is 4.54. The van der Waals surface area contributed by atoms with Crippen LogP contribution in [-0.2, 0) is 6.54 Å². The summed E-state index contributed by atoms with van der Waals surface area (Å²) in [5.74, 6) is 0.460. The highest BCUT2D eigenvalue weighted by molar-refractivity contribution is 5.81. The van der Waals surface area contributed by atoms with Gasteiger partial charge in [0.1, 0.15) is 24.2 Å². The lowest BCUT2D eigenvalue weighted by Gasteiger charge is -2.34. The van der Waals surface area contributed by atoms with E-state index in [1.54, 1.807) is 34.9 Å². The molecule has 9 heteroatoms. The quantitative estimate of drug-likeness (QED) is 0.499. The second-order valence-electron chi connectivity index (χ2n) is 8.64. The van der Waals surface area contributed by atoms with Gasteiger partial charge in [-0.1, -0.05) is 18.2 Å². The van der Waals surface area contributed by atoms with Crippen molar-refractivity contribution in [2.75, 3.05) is 38.3 Å². The average molecular weight is 492 g/mol. The topological polar surface area (TPSA) is 103 Å². The van der Waals surface area contributed by atoms with Gasteiger partial charge in [-0.3, -0.25) is 9.36 Å². The smallest absolute Gasteiger partial charge is 0.263 e. The minimum atomic E-state index is -0.661. The molecule has 1 aliphatic heterocycles. The van der Waals surface area contributed by atoms with Crippen LogP contribution in [0.15, 0.2) is 47.3 Å². The third-order valence-corrected chi connectivity index (χ3v) is 6.52. The molecule has 3 aromatic rings. The number of benzene rings is 2. The van der Waals surface area contributed by atoms with Crippen molar-refractivity contribution in [3.63, 3.8) is 0 Å². The van der Waals surface area contributed by atoms with Crippen LogP contribution >= 0.6 is 0 Å². The van der Waals surface area contributed by atoms with Crippen LogP contribution in [0.5, 0.6) is 5.75 Å². The molecule has 188 valence electrons. The van der Waals surface area contributed by atoms with Crippen molar-refractivity contribution in [3.8, 4) is 34.2 Å². The van der Waals surface area contributed by atoms with E-state index in [0.717, 1.165) is 25.9 Å². The second-order valence-corrected chi connectivity index (χ2v) is 8.64. The highest BCUT2D eigenvalue weighted by atomic mass is 19.1. The minimum absolute atomic E-state index is 0.0676. The van der Waals surface area contributed by atoms with Crippen LogP contribution in [0.4, 0.5) is 10.3 Å². The first-order chi connectivity index (χ1) is 17.5. The number of nitrogens with zero attached hydrogens (tertiary/aromatic N) is 4. The Bertz CT molecular complexity index is 1310. The number of halogens is 1. The Kier molecular flexibility index (Phi) is 7.98. The third-order valence-electron chi connectivity index (χ3n) is 6.52. The van der Waals surface area contributed by atoms with Crippen LogP contribution in [0.2, 0.25) is 0 Å². The number of nitrogens with one attached hydrogen (secondary N) is 1. The highest BCUT2D eigenvalue weighted by Gasteiger charge is 2.25. The molecule has 0 spiro atoms. The minimum Gasteiger partial charge on any atom is -0.491 e. The molecule has 4 rings (SSSR count). The number of aromatic nitrogens is 2. The molecule has 0 amide bonds. The van der Waals surface area contributed by atoms with Crippen molar-refractivity contribution in [3.05, 3.63) is 64.2 Å². The molecule has 2 aromatic carbocycles. The summed E-state index contributed by atoms with van der Waals surface area (Å²) in [6.07, 6.45) is 1.85. The van der Waals surface area contributed by atoms with Gasteiger partial charge in [0.2, 0.25) is 5.95 Å². The molecule has 1 fully saturated rings. The molecule has 0 atom stereocenters. The lowest BCUT2D eigenvalue weighted by atomic mass is 9.99. The van der Waals surface area contributed by atoms with Crippen molar-refractivity contribution < 1.29 is 14.2 Å². The van der Waals surface area contributed by atoms with Gasteiger partial charge in [-0.2, -0.15) is 5.26 Å². The van der Waals surface area contributed by atoms with Crippen molar-refractivity contribution in [1.29, 1.82) is 5.26 Å². The number of hydrogen-bond donors (Lipinski definition) is 2. The molecule has 0 radical (unpaired) electrons. The first kappa shape index (κ1) is 25.4. The van der Waals surface area contributed by atoms with Crippen molar-refractivity contribution in [2.45, 2.75) is 32.4 Å². The van der Waals surface area contributed by atoms with Gasteiger partial charge in [-0.25, -0.2) is 9.37 Å². The Balaban J connectivity index is 1.88. The van der Waals surface area contributed by atoms with E-state index >= 15 is 0 Å². The fourth-order valence-electron chi connectivity index (χ4n) is 4.54. The number of aliphatic hydroxyl groups excluding tert-OH is 1. The van der Waals surface area contributed by atoms with Crippen LogP contribution in [0.3, 0.4) is 0 Å². The van der Waals surface area contributed by atoms with Crippen LogP contribution in [-0.4, -0.2) is 54.1 Å². The van der Waals surface area contributed by atoms with Gasteiger partial charge in [0.25, 0.3) is 5.56 Å². The van der Waals surface area contributed by atoms with E-state index in [-0.39, 0.29) is 24.3 Å². The molecule has 1 aliphatic rings. The van der Waals surface area contributed by atoms with E-state index in [0.29, 0.717) is 46.7 Å². The summed E-state index contributed by atoms with van der Waals surface area (Å²) < 4.78 is 21.8. The van der Waals surface area contributed by atoms with Gasteiger partial charge >= 0.3 is 0 Å². The molecule has 0 unspecified atom stereocenters. The Morgan fingerprint density at radius 3 is 2.47 bits per heavy atom. The van der Waals surface area contributed by atoms with Gasteiger partial charge in [-0.15, -0.1) is 0 Å². The van der Waals surface area contributed by atoms with Crippen molar-refractivity contribution in [2.24, 2.45) is 0 Å². The van der Waals surface area contributed by atoms with Gasteiger partial charge in [0, 0.05) is 31.2 Å². The molecule has 0 aliphatic carbocycles. The zero-order valence-corrected chi connectivity index (χ0v) is 20.5. The van der Waals surface area contributed by atoms with E-state index in [1.165, 1.54) is 12.1 Å². The number of aliphatic hydroxyl groups is 1. The van der Waals surface area contributed by atoms with E-state index in [9.17, 15) is 14.4 Å². The zero-order valence-electron chi connectivity index (χ0n) is 20.5. The number of ether oxygens (including phenoxy) is 1. The monoisotopic (exact) mass is 491 g/mol. The molecule has 36 heavy (non-hydrogen) atoms. The van der Waals surface area contributed by atoms with Crippen LogP contribution in [0.1, 0.15) is 25.3 Å². The third kappa shape index (κ3) is 5.10. The predicted octanol–water partition coefficient (Wildman–Crippen LogP) is 3.17. The van der Waals surface area contributed by atoms with Crippen LogP contribution < -0.4 is 20.5 Å². The summed E-state index contributed by atoms with van der Waals surface area (Å²) in [5, 5.41) is 21.5. The summed E-state index contributed by atoms with van der Waals surface area (Å²) in [6.45, 7) is 3.89. The molecular weight excluding hydrogens is 461 g/mol. The maximum absolute atomic E-state index is 14.6. The largest absolute Gasteiger partial charge is 0.491 e. The first-order valence-corrected chi connectivity index (χ1v) is 12.1. The van der Waals surface area contributed by atoms with E-state index in [4.69, 9.17) is 14.8 Å². The average Bonchev–Trinajstić information content (AvgIpc) is 2.91. The standard InChI is InChI=1S/C27H30FN5O3/c1-3-33-26(35)24(18-6-8-22(9-7-18)36-15-14-34)25(19-4-5-20(17-29)23(28)16-19)31-27(33)32-12-10-21(30-2)11-13-32/h4-9,16,21,30,34H,3,10-15H2,1-2H3. The molecule has 8 nitrogen and oxygen atoms in total. The molecule has 0 bridgehead atoms. The number of rotatable bonds is 8. The van der Waals surface area contributed by atoms with Crippen molar-refractivity contribution in [1.82, 2.24) is 14.9 Å². The number of piperidine rings is 1. The lowest BCUT2D eigenvalue weighted by Crippen LogP contribution is -2.44. The predicted molar refractivity (Wildman–Crippen MR) is 137 cm³/mol. The van der Waals surface area contributed by atoms with Gasteiger partial charge in [0.15, 0.2) is 0 Å². The molecule has 1 aromatic heterocycles. The molecule has 2 heterocycles. The summed E-state index contributed by atoms with van der Waals surface area (Å²) >= 11 is 0. The summed E-state index contributed by atoms with van der Waals surface area (Å²) in [5.41, 5.74) is 1.47. The van der Waals surface area contributed by atoms with E-state index < -0.39 is 5.82 Å². The van der Waals surface area contributed by atoms with Crippen LogP contribution in [0.25, 0.3) is 22.4 Å². The van der Waals surface area contributed by atoms with E-state index in [1.807, 2.05) is 20.0 Å². The molecule has 1 saturated heterocycles. The summed E-state index contributed by atoms with van der Waals surface area (Å²) in [4.78, 5) is 21.0. The Hall–Kier alpha value is -3.74. The first-order valence-electron chi connectivity index (χ1n) is 12.1. The Morgan fingerprint density at radius 1 is 1.19 bits per heavy atom. The molecule has 2 N–H and O–H groups in total. The fraction of sp³-hybridized carbons (Fsp3) is 0.370. The van der Waals surface area contributed by atoms with Gasteiger partial charge in [-0.05, 0) is 56.6 Å². The van der Waals surface area contributed by atoms with Crippen molar-refractivity contribution >= 4 is 5.95 Å². The SMILES string of the molecule is CCn1c(N2CCC(NC)CC2)nc(-c2ccc(C#N)c(F)c2)c(-c2ccc(OCCO)cc2)c1=O. The second kappa shape index (κ2) is 11.3. The molecular formula is C27H30FN5O3. The molecule has 0 saturated carbocycles. The zero-order chi connectivity index (χ0) is 25.7. The van der Waals surface area contributed by atoms with Crippen LogP contribution in [0, 0.1) is 17.1 Å².